The van der Waals surface area contributed by atoms with Gasteiger partial charge >= 0.3 is 4.87 Å². The number of thiazole rings is 1. The topological polar surface area (TPSA) is 79.4 Å². The van der Waals surface area contributed by atoms with Crippen LogP contribution in [-0.2, 0) is 32.9 Å². The number of fused-ring (bicyclic) bond motifs is 2. The van der Waals surface area contributed by atoms with Crippen molar-refractivity contribution in [2.75, 3.05) is 13.1 Å². The quantitative estimate of drug-likeness (QED) is 0.507. The molecule has 1 aliphatic rings. The van der Waals surface area contributed by atoms with E-state index in [9.17, 15) is 15.0 Å². The van der Waals surface area contributed by atoms with E-state index in [0.29, 0.717) is 6.54 Å². The minimum absolute atomic E-state index is 0.0790. The Kier molecular flexibility index (Phi) is 5.46. The fourth-order valence-corrected chi connectivity index (χ4v) is 5.03. The van der Waals surface area contributed by atoms with Crippen molar-refractivity contribution in [2.24, 2.45) is 7.05 Å². The van der Waals surface area contributed by atoms with Crippen LogP contribution in [0.25, 0.3) is 10.2 Å². The molecule has 3 N–H and O–H groups in total. The molecule has 28 heavy (non-hydrogen) atoms. The lowest BCUT2D eigenvalue weighted by atomic mass is 10.1. The monoisotopic (exact) mass is 401 g/mol. The molecule has 0 saturated carbocycles. The smallest absolute Gasteiger partial charge is 0.307 e. The first-order chi connectivity index (χ1) is 13.6. The van der Waals surface area contributed by atoms with Gasteiger partial charge in [0.05, 0.1) is 10.2 Å². The van der Waals surface area contributed by atoms with E-state index in [0.717, 1.165) is 73.0 Å². The van der Waals surface area contributed by atoms with Crippen LogP contribution >= 0.6 is 11.3 Å². The van der Waals surface area contributed by atoms with E-state index in [2.05, 4.69) is 17.4 Å². The minimum atomic E-state index is 0.0790. The van der Waals surface area contributed by atoms with E-state index in [1.54, 1.807) is 9.13 Å². The lowest BCUT2D eigenvalue weighted by Crippen LogP contribution is -2.18. The Balaban J connectivity index is 1.19. The molecule has 2 aromatic heterocycles. The number of nitrogens with one attached hydrogen (secondary N) is 1. The molecular weight excluding hydrogens is 374 g/mol. The second kappa shape index (κ2) is 8.01. The average Bonchev–Trinajstić information content (AvgIpc) is 3.33. The molecule has 2 heterocycles. The molecule has 0 aliphatic heterocycles. The van der Waals surface area contributed by atoms with Crippen LogP contribution in [0, 0.1) is 0 Å². The molecule has 0 bridgehead atoms. The van der Waals surface area contributed by atoms with Gasteiger partial charge in [-0.3, -0.25) is 9.36 Å². The van der Waals surface area contributed by atoms with Gasteiger partial charge in [-0.1, -0.05) is 17.4 Å². The maximum atomic E-state index is 11.7. The Morgan fingerprint density at radius 3 is 2.61 bits per heavy atom. The van der Waals surface area contributed by atoms with Crippen molar-refractivity contribution in [1.82, 2.24) is 14.5 Å². The molecule has 7 heteroatoms. The van der Waals surface area contributed by atoms with Crippen molar-refractivity contribution in [3.8, 4) is 11.8 Å². The molecule has 150 valence electrons. The number of rotatable bonds is 8. The largest absolute Gasteiger partial charge is 0.494 e. The molecule has 0 atom stereocenters. The zero-order valence-corrected chi connectivity index (χ0v) is 17.0. The highest BCUT2D eigenvalue weighted by molar-refractivity contribution is 7.16. The highest BCUT2D eigenvalue weighted by Crippen LogP contribution is 2.39. The molecule has 0 radical (unpaired) electrons. The van der Waals surface area contributed by atoms with Crippen LogP contribution in [0.4, 0.5) is 0 Å². The fraction of sp³-hybridized carbons (Fsp3) is 0.476. The van der Waals surface area contributed by atoms with Crippen LogP contribution in [0.5, 0.6) is 11.8 Å². The third-order valence-electron chi connectivity index (χ3n) is 5.70. The van der Waals surface area contributed by atoms with Gasteiger partial charge in [0.25, 0.3) is 0 Å². The molecule has 1 aromatic carbocycles. The maximum Gasteiger partial charge on any atom is 0.307 e. The number of benzene rings is 1. The van der Waals surface area contributed by atoms with Crippen molar-refractivity contribution in [3.63, 3.8) is 0 Å². The Bertz CT molecular complexity index is 1020. The van der Waals surface area contributed by atoms with Gasteiger partial charge in [0, 0.05) is 24.7 Å². The highest BCUT2D eigenvalue weighted by atomic mass is 32.1. The van der Waals surface area contributed by atoms with Gasteiger partial charge in [-0.05, 0) is 69.3 Å². The second-order valence-corrected chi connectivity index (χ2v) is 8.54. The van der Waals surface area contributed by atoms with Gasteiger partial charge in [0.15, 0.2) is 11.8 Å². The SMILES string of the molecule is Cn1c(=O)sc2cc(CCNCCCCn3c(O)c4c(c3O)CCC4)ccc21. The molecule has 0 unspecified atom stereocenters. The number of aromatic nitrogens is 2. The van der Waals surface area contributed by atoms with E-state index >= 15 is 0 Å². The molecule has 0 fully saturated rings. The summed E-state index contributed by atoms with van der Waals surface area (Å²) in [7, 11) is 1.81. The van der Waals surface area contributed by atoms with Crippen LogP contribution in [0.2, 0.25) is 0 Å². The van der Waals surface area contributed by atoms with Gasteiger partial charge in [-0.2, -0.15) is 0 Å². The second-order valence-electron chi connectivity index (χ2n) is 7.55. The van der Waals surface area contributed by atoms with Crippen LogP contribution in [0.1, 0.15) is 36.0 Å². The number of nitrogens with zero attached hydrogens (tertiary/aromatic N) is 2. The van der Waals surface area contributed by atoms with Gasteiger partial charge in [-0.15, -0.1) is 0 Å². The predicted molar refractivity (Wildman–Crippen MR) is 113 cm³/mol. The minimum Gasteiger partial charge on any atom is -0.494 e. The number of aryl methyl sites for hydroxylation is 1. The van der Waals surface area contributed by atoms with Crippen molar-refractivity contribution >= 4 is 21.6 Å². The molecule has 6 nitrogen and oxygen atoms in total. The predicted octanol–water partition coefficient (Wildman–Crippen LogP) is 2.91. The molecule has 0 amide bonds. The summed E-state index contributed by atoms with van der Waals surface area (Å²) in [6.07, 6.45) is 5.58. The summed E-state index contributed by atoms with van der Waals surface area (Å²) in [4.78, 5) is 11.8. The number of hydrogen-bond acceptors (Lipinski definition) is 5. The van der Waals surface area contributed by atoms with E-state index in [-0.39, 0.29) is 16.6 Å². The van der Waals surface area contributed by atoms with E-state index < -0.39 is 0 Å². The Morgan fingerprint density at radius 1 is 1.11 bits per heavy atom. The van der Waals surface area contributed by atoms with Crippen molar-refractivity contribution in [1.29, 1.82) is 0 Å². The molecule has 0 saturated heterocycles. The molecule has 4 rings (SSSR count). The Hall–Kier alpha value is -2.25. The van der Waals surface area contributed by atoms with Gasteiger partial charge in [0.1, 0.15) is 0 Å². The van der Waals surface area contributed by atoms with Gasteiger partial charge in [-0.25, -0.2) is 0 Å². The fourth-order valence-electron chi connectivity index (χ4n) is 4.09. The summed E-state index contributed by atoms with van der Waals surface area (Å²) in [6.45, 7) is 2.45. The zero-order valence-electron chi connectivity index (χ0n) is 16.2. The van der Waals surface area contributed by atoms with Gasteiger partial charge < -0.3 is 20.1 Å². The molecule has 1 aliphatic carbocycles. The first kappa shape index (κ1) is 19.1. The van der Waals surface area contributed by atoms with E-state index in [1.165, 1.54) is 16.9 Å². The van der Waals surface area contributed by atoms with Crippen molar-refractivity contribution in [2.45, 2.75) is 45.1 Å². The summed E-state index contributed by atoms with van der Waals surface area (Å²) >= 11 is 1.30. The molecule has 0 spiro atoms. The van der Waals surface area contributed by atoms with Crippen molar-refractivity contribution < 1.29 is 10.2 Å². The van der Waals surface area contributed by atoms with Crippen LogP contribution in [-0.4, -0.2) is 32.4 Å². The summed E-state index contributed by atoms with van der Waals surface area (Å²) < 4.78 is 4.39. The lowest BCUT2D eigenvalue weighted by Gasteiger charge is -2.09. The first-order valence-corrected chi connectivity index (χ1v) is 10.8. The number of hydrogen-bond donors (Lipinski definition) is 3. The third-order valence-corrected chi connectivity index (χ3v) is 6.70. The number of aromatic hydroxyl groups is 2. The zero-order chi connectivity index (χ0) is 19.7. The van der Waals surface area contributed by atoms with E-state index in [4.69, 9.17) is 0 Å². The maximum absolute atomic E-state index is 11.7. The Labute approximate surface area is 168 Å². The third kappa shape index (κ3) is 3.56. The molecular formula is C21H27N3O3S. The average molecular weight is 402 g/mol. The summed E-state index contributed by atoms with van der Waals surface area (Å²) in [6, 6.07) is 6.23. The van der Waals surface area contributed by atoms with Crippen molar-refractivity contribution in [3.05, 3.63) is 44.6 Å². The van der Waals surface area contributed by atoms with Crippen LogP contribution in [0.15, 0.2) is 23.0 Å². The summed E-state index contributed by atoms with van der Waals surface area (Å²) in [5, 5.41) is 24.0. The summed E-state index contributed by atoms with van der Waals surface area (Å²) in [5.74, 6) is 0.521. The van der Waals surface area contributed by atoms with E-state index in [1.807, 2.05) is 13.1 Å². The normalized spacial score (nSPS) is 13.5. The first-order valence-electron chi connectivity index (χ1n) is 9.97. The van der Waals surface area contributed by atoms with Gasteiger partial charge in [0.2, 0.25) is 0 Å². The Morgan fingerprint density at radius 2 is 1.86 bits per heavy atom. The standard InChI is InChI=1S/C21H27N3O3S/c1-23-17-8-7-14(13-18(17)28-21(23)27)9-11-22-10-2-3-12-24-19(25)15-5-4-6-16(15)20(24)26/h7-8,13,22,25-26H,2-6,9-12H2,1H3. The molecule has 3 aromatic rings. The highest BCUT2D eigenvalue weighted by Gasteiger charge is 2.25. The summed E-state index contributed by atoms with van der Waals surface area (Å²) in [5.41, 5.74) is 4.11. The van der Waals surface area contributed by atoms with Crippen LogP contribution < -0.4 is 10.2 Å². The number of unbranched alkanes of at least 4 members (excludes halogenated alkanes) is 1. The lowest BCUT2D eigenvalue weighted by molar-refractivity contribution is 0.357. The van der Waals surface area contributed by atoms with Crippen LogP contribution in [0.3, 0.4) is 0 Å².